The van der Waals surface area contributed by atoms with Crippen LogP contribution in [0.3, 0.4) is 0 Å². The number of hydrogen-bond donors (Lipinski definition) is 2. The number of hydrazine groups is 1. The highest BCUT2D eigenvalue weighted by atomic mass is 35.5. The largest absolute Gasteiger partial charge is 0.497 e. The van der Waals surface area contributed by atoms with Gasteiger partial charge in [0, 0.05) is 22.0 Å². The molecule has 51 heavy (non-hydrogen) atoms. The molecule has 2 aliphatic heterocycles. The molecule has 3 aromatic rings. The van der Waals surface area contributed by atoms with Gasteiger partial charge in [-0.2, -0.15) is 5.01 Å². The maximum absolute atomic E-state index is 15.4. The molecule has 2 heterocycles. The van der Waals surface area contributed by atoms with Crippen LogP contribution >= 0.6 is 23.2 Å². The number of rotatable bonds is 8. The summed E-state index contributed by atoms with van der Waals surface area (Å²) in [6.07, 6.45) is 2.45. The summed E-state index contributed by atoms with van der Waals surface area (Å²) in [6, 6.07) is 19.1. The van der Waals surface area contributed by atoms with Gasteiger partial charge < -0.3 is 14.6 Å². The van der Waals surface area contributed by atoms with E-state index < -0.39 is 52.4 Å². The second-order valence-corrected chi connectivity index (χ2v) is 15.3. The normalized spacial score (nSPS) is 27.2. The number of carbonyl (C=O) groups excluding carboxylic acids is 4. The van der Waals surface area contributed by atoms with Crippen molar-refractivity contribution in [2.24, 2.45) is 23.7 Å². The number of carbonyl (C=O) groups is 4. The van der Waals surface area contributed by atoms with Crippen LogP contribution in [0, 0.1) is 23.7 Å². The maximum atomic E-state index is 15.4. The third-order valence-electron chi connectivity index (χ3n) is 10.8. The zero-order valence-electron chi connectivity index (χ0n) is 28.7. The molecule has 3 aromatic carbocycles. The molecular formula is C39H39Cl2N3O7. The minimum Gasteiger partial charge on any atom is -0.497 e. The summed E-state index contributed by atoms with van der Waals surface area (Å²) in [6.45, 7) is 5.28. The zero-order valence-corrected chi connectivity index (χ0v) is 30.2. The van der Waals surface area contributed by atoms with Gasteiger partial charge in [0.15, 0.2) is 0 Å². The molecule has 2 aliphatic carbocycles. The fourth-order valence-corrected chi connectivity index (χ4v) is 9.31. The number of imide groups is 2. The predicted octanol–water partition coefficient (Wildman–Crippen LogP) is 6.16. The molecule has 12 heteroatoms. The molecule has 0 radical (unpaired) electrons. The number of ether oxygens (including phenoxy) is 2. The Balaban J connectivity index is 1.48. The van der Waals surface area contributed by atoms with Crippen molar-refractivity contribution in [2.45, 2.75) is 50.5 Å². The Morgan fingerprint density at radius 3 is 2.33 bits per heavy atom. The van der Waals surface area contributed by atoms with Crippen molar-refractivity contribution >= 4 is 52.5 Å². The smallest absolute Gasteiger partial charge is 0.260 e. The van der Waals surface area contributed by atoms with Crippen LogP contribution in [0.1, 0.15) is 50.7 Å². The Morgan fingerprint density at radius 1 is 0.941 bits per heavy atom. The molecule has 4 amide bonds. The average Bonchev–Trinajstić information content (AvgIpc) is 3.49. The van der Waals surface area contributed by atoms with Crippen molar-refractivity contribution in [3.8, 4) is 11.5 Å². The van der Waals surface area contributed by atoms with Gasteiger partial charge in [-0.25, -0.2) is 0 Å². The Labute approximate surface area is 306 Å². The Kier molecular flexibility index (Phi) is 8.92. The highest BCUT2D eigenvalue weighted by Gasteiger charge is 2.71. The molecule has 0 spiro atoms. The third-order valence-corrected chi connectivity index (χ3v) is 11.4. The summed E-state index contributed by atoms with van der Waals surface area (Å²) >= 11 is 12.7. The van der Waals surface area contributed by atoms with E-state index in [-0.39, 0.29) is 36.5 Å². The fraction of sp³-hybridized carbons (Fsp3) is 0.385. The summed E-state index contributed by atoms with van der Waals surface area (Å²) in [7, 11) is 1.55. The van der Waals surface area contributed by atoms with Gasteiger partial charge in [-0.1, -0.05) is 65.2 Å². The van der Waals surface area contributed by atoms with E-state index in [1.165, 1.54) is 11.0 Å². The van der Waals surface area contributed by atoms with Crippen LogP contribution in [0.2, 0.25) is 10.0 Å². The molecule has 2 saturated heterocycles. The number of likely N-dealkylation sites (tertiary alicyclic amines) is 1. The van der Waals surface area contributed by atoms with Gasteiger partial charge >= 0.3 is 0 Å². The standard InChI is InChI=1S/C39H39Cl2N3O7/c1-38(2,3)43-34(46)26-15-14-24-27(32(26)36(43)48)20-28-35(47)44(42-30-16-11-22(40)19-29(30)41)37(49)39(28,21-9-12-23(50-4)13-10-21)33(24)25-7-5-6-8-31(25)51-18-17-45/h5-14,16,19,26-28,32-33,42,45H,15,17-18,20H2,1-4H3/t26-,27+,28-,32-,33+,39+/m0/s1. The number of fused-ring (bicyclic) bond motifs is 4. The Hall–Kier alpha value is -4.38. The number of nitrogens with one attached hydrogen (secondary N) is 1. The number of halogens is 2. The summed E-state index contributed by atoms with van der Waals surface area (Å²) in [5, 5.41) is 11.4. The van der Waals surface area contributed by atoms with Crippen molar-refractivity contribution in [3.63, 3.8) is 0 Å². The van der Waals surface area contributed by atoms with Crippen LogP contribution < -0.4 is 14.9 Å². The molecule has 0 unspecified atom stereocenters. The molecule has 266 valence electrons. The van der Waals surface area contributed by atoms with Crippen LogP contribution in [-0.2, 0) is 24.6 Å². The molecule has 4 aliphatic rings. The first kappa shape index (κ1) is 35.0. The van der Waals surface area contributed by atoms with Crippen molar-refractivity contribution in [1.82, 2.24) is 9.91 Å². The monoisotopic (exact) mass is 731 g/mol. The van der Waals surface area contributed by atoms with Gasteiger partial charge in [-0.15, -0.1) is 0 Å². The molecule has 0 aromatic heterocycles. The number of benzene rings is 3. The number of aliphatic hydroxyl groups is 1. The van der Waals surface area contributed by atoms with Gasteiger partial charge in [-0.3, -0.25) is 29.5 Å². The van der Waals surface area contributed by atoms with Crippen molar-refractivity contribution in [3.05, 3.63) is 99.6 Å². The molecule has 2 N–H and O–H groups in total. The van der Waals surface area contributed by atoms with Gasteiger partial charge in [0.2, 0.25) is 11.8 Å². The number of anilines is 1. The maximum Gasteiger partial charge on any atom is 0.260 e. The lowest BCUT2D eigenvalue weighted by Crippen LogP contribution is -2.53. The lowest BCUT2D eigenvalue weighted by molar-refractivity contribution is -0.146. The van der Waals surface area contributed by atoms with E-state index >= 15 is 4.79 Å². The summed E-state index contributed by atoms with van der Waals surface area (Å²) < 4.78 is 11.6. The van der Waals surface area contributed by atoms with Crippen LogP contribution in [-0.4, -0.2) is 64.5 Å². The first-order valence-corrected chi connectivity index (χ1v) is 17.7. The van der Waals surface area contributed by atoms with E-state index in [4.69, 9.17) is 32.7 Å². The number of methoxy groups -OCH3 is 1. The molecule has 6 atom stereocenters. The Bertz CT molecular complexity index is 1960. The zero-order chi connectivity index (χ0) is 36.4. The Morgan fingerprint density at radius 2 is 1.67 bits per heavy atom. The molecular weight excluding hydrogens is 693 g/mol. The second-order valence-electron chi connectivity index (χ2n) is 14.5. The minimum absolute atomic E-state index is 0.000966. The summed E-state index contributed by atoms with van der Waals surface area (Å²) in [4.78, 5) is 59.9. The number of nitrogens with zero attached hydrogens (tertiary/aromatic N) is 2. The topological polar surface area (TPSA) is 125 Å². The van der Waals surface area contributed by atoms with Crippen LogP contribution in [0.25, 0.3) is 0 Å². The lowest BCUT2D eigenvalue weighted by atomic mass is 9.49. The lowest BCUT2D eigenvalue weighted by Gasteiger charge is -2.50. The number of hydrogen-bond acceptors (Lipinski definition) is 8. The van der Waals surface area contributed by atoms with E-state index in [0.29, 0.717) is 39.8 Å². The van der Waals surface area contributed by atoms with Crippen LogP contribution in [0.5, 0.6) is 11.5 Å². The van der Waals surface area contributed by atoms with E-state index in [1.807, 2.05) is 39.0 Å². The number of amides is 4. The van der Waals surface area contributed by atoms with Gasteiger partial charge in [0.25, 0.3) is 11.8 Å². The minimum atomic E-state index is -1.53. The van der Waals surface area contributed by atoms with Gasteiger partial charge in [0.1, 0.15) is 18.1 Å². The predicted molar refractivity (Wildman–Crippen MR) is 191 cm³/mol. The summed E-state index contributed by atoms with van der Waals surface area (Å²) in [5.74, 6) is -4.11. The van der Waals surface area contributed by atoms with Crippen LogP contribution in [0.15, 0.2) is 78.4 Å². The molecule has 3 fully saturated rings. The molecule has 10 nitrogen and oxygen atoms in total. The third kappa shape index (κ3) is 5.41. The number of allylic oxidation sites excluding steroid dienone is 2. The SMILES string of the molecule is COc1ccc([C@@]23C(=O)N(Nc4ccc(Cl)cc4Cl)C(=O)[C@@H]2C[C@@H]2C(=CC[C@@H]4C(=O)N(C(C)(C)C)C(=O)[C@@H]42)[C@@H]3c2ccccc2OCCO)cc1. The highest BCUT2D eigenvalue weighted by molar-refractivity contribution is 6.36. The highest BCUT2D eigenvalue weighted by Crippen LogP contribution is 2.65. The van der Waals surface area contributed by atoms with Crippen LogP contribution in [0.4, 0.5) is 5.69 Å². The molecule has 1 saturated carbocycles. The van der Waals surface area contributed by atoms with E-state index in [2.05, 4.69) is 5.43 Å². The summed E-state index contributed by atoms with van der Waals surface area (Å²) in [5.41, 5.74) is 3.04. The molecule has 7 rings (SSSR count). The fourth-order valence-electron chi connectivity index (χ4n) is 8.86. The van der Waals surface area contributed by atoms with Gasteiger partial charge in [0.05, 0.1) is 47.6 Å². The van der Waals surface area contributed by atoms with E-state index in [9.17, 15) is 19.5 Å². The number of aliphatic hydroxyl groups excluding tert-OH is 1. The first-order chi connectivity index (χ1) is 24.3. The van der Waals surface area contributed by atoms with E-state index in [1.54, 1.807) is 55.6 Å². The van der Waals surface area contributed by atoms with Crippen molar-refractivity contribution < 1.29 is 33.8 Å². The quantitative estimate of drug-likeness (QED) is 0.209. The van der Waals surface area contributed by atoms with E-state index in [0.717, 1.165) is 10.6 Å². The van der Waals surface area contributed by atoms with Crippen molar-refractivity contribution in [1.29, 1.82) is 0 Å². The van der Waals surface area contributed by atoms with Gasteiger partial charge in [-0.05, 0) is 81.5 Å². The first-order valence-electron chi connectivity index (χ1n) is 17.0. The second kappa shape index (κ2) is 13.0. The average molecular weight is 733 g/mol. The van der Waals surface area contributed by atoms with Crippen molar-refractivity contribution in [2.75, 3.05) is 25.7 Å². The molecule has 0 bridgehead atoms. The number of para-hydroxylation sites is 1.